The Morgan fingerprint density at radius 1 is 1.00 bits per heavy atom. The smallest absolute Gasteiger partial charge is 0.222 e. The van der Waals surface area contributed by atoms with Gasteiger partial charge in [-0.1, -0.05) is 72.8 Å². The topological polar surface area (TPSA) is 50.5 Å². The molecule has 5 heteroatoms. The van der Waals surface area contributed by atoms with Crippen LogP contribution in [-0.4, -0.2) is 39.0 Å². The maximum Gasteiger partial charge on any atom is 0.222 e. The van der Waals surface area contributed by atoms with Crippen LogP contribution in [0.25, 0.3) is 11.3 Å². The van der Waals surface area contributed by atoms with Gasteiger partial charge in [0.15, 0.2) is 0 Å². The van der Waals surface area contributed by atoms with E-state index < -0.39 is 6.10 Å². The van der Waals surface area contributed by atoms with Gasteiger partial charge < -0.3 is 9.84 Å². The fraction of sp³-hybridized carbons (Fsp3) is 0.323. The third kappa shape index (κ3) is 6.23. The Hall–Kier alpha value is -3.41. The van der Waals surface area contributed by atoms with Crippen molar-refractivity contribution in [1.82, 2.24) is 14.7 Å². The second kappa shape index (κ2) is 11.1. The lowest BCUT2D eigenvalue weighted by Gasteiger charge is -2.26. The van der Waals surface area contributed by atoms with Gasteiger partial charge in [0.1, 0.15) is 11.4 Å². The van der Waals surface area contributed by atoms with Crippen molar-refractivity contribution in [3.8, 4) is 22.9 Å². The van der Waals surface area contributed by atoms with Crippen molar-refractivity contribution in [1.29, 1.82) is 0 Å². The minimum atomic E-state index is -0.441. The third-order valence-corrected chi connectivity index (χ3v) is 6.72. The molecular weight excluding hydrogens is 446 g/mol. The van der Waals surface area contributed by atoms with Gasteiger partial charge >= 0.3 is 0 Å². The number of ether oxygens (including phenoxy) is 1. The summed E-state index contributed by atoms with van der Waals surface area (Å²) in [6.45, 7) is 4.32. The van der Waals surface area contributed by atoms with Crippen LogP contribution in [0.15, 0.2) is 84.9 Å². The first-order chi connectivity index (χ1) is 17.5. The van der Waals surface area contributed by atoms with Crippen LogP contribution < -0.4 is 4.74 Å². The molecule has 0 spiro atoms. The fourth-order valence-corrected chi connectivity index (χ4v) is 4.78. The van der Waals surface area contributed by atoms with E-state index in [9.17, 15) is 5.11 Å². The molecular formula is C31H35N3O2. The van der Waals surface area contributed by atoms with Crippen LogP contribution in [0.3, 0.4) is 0 Å². The van der Waals surface area contributed by atoms with Gasteiger partial charge in [-0.2, -0.15) is 5.10 Å². The summed E-state index contributed by atoms with van der Waals surface area (Å²) in [5.41, 5.74) is 5.36. The number of hydrogen-bond donors (Lipinski definition) is 1. The molecule has 186 valence electrons. The molecule has 4 aromatic rings. The molecule has 0 saturated heterocycles. The zero-order valence-corrected chi connectivity index (χ0v) is 21.2. The molecule has 0 amide bonds. The summed E-state index contributed by atoms with van der Waals surface area (Å²) < 4.78 is 8.30. The van der Waals surface area contributed by atoms with Gasteiger partial charge in [-0.15, -0.1) is 0 Å². The molecule has 1 N–H and O–H groups in total. The Morgan fingerprint density at radius 2 is 1.72 bits per heavy atom. The van der Waals surface area contributed by atoms with E-state index in [1.54, 1.807) is 0 Å². The van der Waals surface area contributed by atoms with Crippen molar-refractivity contribution >= 4 is 0 Å². The normalized spacial score (nSPS) is 14.2. The molecule has 1 aliphatic carbocycles. The molecule has 3 aromatic carbocycles. The van der Waals surface area contributed by atoms with Gasteiger partial charge in [-0.25, -0.2) is 4.68 Å². The third-order valence-electron chi connectivity index (χ3n) is 6.72. The average Bonchev–Trinajstić information content (AvgIpc) is 3.64. The highest BCUT2D eigenvalue weighted by Gasteiger charge is 2.28. The van der Waals surface area contributed by atoms with Gasteiger partial charge in [0, 0.05) is 32.2 Å². The molecule has 1 aromatic heterocycles. The second-order valence-corrected chi connectivity index (χ2v) is 10.0. The predicted molar refractivity (Wildman–Crippen MR) is 144 cm³/mol. The standard InChI is InChI=1S/C31H35N3O2/c1-23-10-9-15-28(18-23)36-31-29(30(32-33(31)2)26-13-7-4-8-14-26)22-34(20-25-16-17-25)21-27(35)19-24-11-5-3-6-12-24/h3-15,18,25,27,35H,16-17,19-22H2,1-2H3/t27-/m0/s1. The minimum Gasteiger partial charge on any atom is -0.439 e. The van der Waals surface area contributed by atoms with Crippen LogP contribution in [0, 0.1) is 12.8 Å². The monoisotopic (exact) mass is 481 g/mol. The molecule has 5 rings (SSSR count). The number of aliphatic hydroxyl groups excluding tert-OH is 1. The van der Waals surface area contributed by atoms with Gasteiger partial charge in [0.25, 0.3) is 0 Å². The summed E-state index contributed by atoms with van der Waals surface area (Å²) in [7, 11) is 1.94. The van der Waals surface area contributed by atoms with Gasteiger partial charge in [0.2, 0.25) is 5.88 Å². The number of aromatic nitrogens is 2. The van der Waals surface area contributed by atoms with E-state index in [1.165, 1.54) is 12.8 Å². The number of rotatable bonds is 11. The van der Waals surface area contributed by atoms with E-state index in [0.29, 0.717) is 25.4 Å². The molecule has 0 bridgehead atoms. The van der Waals surface area contributed by atoms with Gasteiger partial charge in [0.05, 0.1) is 11.7 Å². The summed E-state index contributed by atoms with van der Waals surface area (Å²) in [4.78, 5) is 2.39. The van der Waals surface area contributed by atoms with Gasteiger partial charge in [-0.05, 0) is 55.4 Å². The van der Waals surface area contributed by atoms with Crippen LogP contribution in [0.4, 0.5) is 0 Å². The zero-order chi connectivity index (χ0) is 24.9. The number of benzene rings is 3. The fourth-order valence-electron chi connectivity index (χ4n) is 4.78. The predicted octanol–water partition coefficient (Wildman–Crippen LogP) is 6.00. The molecule has 1 heterocycles. The molecule has 0 unspecified atom stereocenters. The Labute approximate surface area is 214 Å². The lowest BCUT2D eigenvalue weighted by molar-refractivity contribution is 0.105. The number of nitrogens with zero attached hydrogens (tertiary/aromatic N) is 3. The summed E-state index contributed by atoms with van der Waals surface area (Å²) in [6.07, 6.45) is 2.73. The van der Waals surface area contributed by atoms with Crippen molar-refractivity contribution < 1.29 is 9.84 Å². The van der Waals surface area contributed by atoms with Crippen molar-refractivity contribution in [3.63, 3.8) is 0 Å². The zero-order valence-electron chi connectivity index (χ0n) is 21.2. The van der Waals surface area contributed by atoms with Crippen molar-refractivity contribution in [2.24, 2.45) is 13.0 Å². The van der Waals surface area contributed by atoms with Crippen molar-refractivity contribution in [2.45, 2.75) is 38.8 Å². The van der Waals surface area contributed by atoms with Crippen LogP contribution >= 0.6 is 0 Å². The SMILES string of the molecule is Cc1cccc(Oc2c(CN(CC3CC3)C[C@@H](O)Cc3ccccc3)c(-c3ccccc3)nn2C)c1. The molecule has 1 fully saturated rings. The highest BCUT2D eigenvalue weighted by atomic mass is 16.5. The maximum absolute atomic E-state index is 11.0. The molecule has 1 atom stereocenters. The van der Waals surface area contributed by atoms with E-state index in [-0.39, 0.29) is 0 Å². The van der Waals surface area contributed by atoms with E-state index in [4.69, 9.17) is 9.84 Å². The Kier molecular flexibility index (Phi) is 7.49. The molecule has 36 heavy (non-hydrogen) atoms. The van der Waals surface area contributed by atoms with Crippen LogP contribution in [0.1, 0.15) is 29.5 Å². The summed E-state index contributed by atoms with van der Waals surface area (Å²) in [5, 5.41) is 15.9. The molecule has 1 aliphatic rings. The first-order valence-electron chi connectivity index (χ1n) is 12.9. The number of hydrogen-bond acceptors (Lipinski definition) is 4. The minimum absolute atomic E-state index is 0.441. The van der Waals surface area contributed by atoms with E-state index >= 15 is 0 Å². The van der Waals surface area contributed by atoms with E-state index in [2.05, 4.69) is 42.2 Å². The Bertz CT molecular complexity index is 1270. The Balaban J connectivity index is 1.45. The molecule has 1 saturated carbocycles. The van der Waals surface area contributed by atoms with Crippen LogP contribution in [0.5, 0.6) is 11.6 Å². The lowest BCUT2D eigenvalue weighted by atomic mass is 10.1. The van der Waals surface area contributed by atoms with E-state index in [0.717, 1.165) is 46.1 Å². The summed E-state index contributed by atoms with van der Waals surface area (Å²) in [6, 6.07) is 28.6. The largest absolute Gasteiger partial charge is 0.439 e. The maximum atomic E-state index is 11.0. The number of aliphatic hydroxyl groups is 1. The average molecular weight is 482 g/mol. The number of aryl methyl sites for hydroxylation is 2. The molecule has 0 radical (unpaired) electrons. The van der Waals surface area contributed by atoms with Crippen LogP contribution in [-0.2, 0) is 20.0 Å². The second-order valence-electron chi connectivity index (χ2n) is 10.0. The van der Waals surface area contributed by atoms with E-state index in [1.807, 2.05) is 66.3 Å². The van der Waals surface area contributed by atoms with Gasteiger partial charge in [-0.3, -0.25) is 4.90 Å². The summed E-state index contributed by atoms with van der Waals surface area (Å²) in [5.74, 6) is 2.25. The Morgan fingerprint density at radius 3 is 2.42 bits per heavy atom. The van der Waals surface area contributed by atoms with Crippen molar-refractivity contribution in [2.75, 3.05) is 13.1 Å². The first-order valence-corrected chi connectivity index (χ1v) is 12.9. The summed E-state index contributed by atoms with van der Waals surface area (Å²) >= 11 is 0. The molecule has 5 nitrogen and oxygen atoms in total. The highest BCUT2D eigenvalue weighted by molar-refractivity contribution is 5.65. The quantitative estimate of drug-likeness (QED) is 0.285. The lowest BCUT2D eigenvalue weighted by Crippen LogP contribution is -2.35. The highest BCUT2D eigenvalue weighted by Crippen LogP contribution is 2.36. The molecule has 0 aliphatic heterocycles. The van der Waals surface area contributed by atoms with Crippen LogP contribution in [0.2, 0.25) is 0 Å². The van der Waals surface area contributed by atoms with Crippen molar-refractivity contribution in [3.05, 3.63) is 102 Å². The first kappa shape index (κ1) is 24.3.